The Labute approximate surface area is 144 Å². The summed E-state index contributed by atoms with van der Waals surface area (Å²) in [5, 5.41) is 4.32. The Hall–Kier alpha value is -3.19. The summed E-state index contributed by atoms with van der Waals surface area (Å²) in [5.41, 5.74) is 9.35. The smallest absolute Gasteiger partial charge is 0.161 e. The molecule has 3 aromatic heterocycles. The zero-order valence-electron chi connectivity index (χ0n) is 14.0. The van der Waals surface area contributed by atoms with Crippen LogP contribution >= 0.6 is 0 Å². The Kier molecular flexibility index (Phi) is 3.70. The van der Waals surface area contributed by atoms with E-state index in [1.165, 1.54) is 0 Å². The minimum absolute atomic E-state index is 0.101. The number of ether oxygens (including phenoxy) is 1. The number of hydrogen-bond donors (Lipinski definition) is 1. The van der Waals surface area contributed by atoms with Crippen molar-refractivity contribution < 1.29 is 4.74 Å². The number of anilines is 1. The second kappa shape index (κ2) is 6.03. The van der Waals surface area contributed by atoms with E-state index in [2.05, 4.69) is 10.1 Å². The fourth-order valence-electron chi connectivity index (χ4n) is 2.81. The van der Waals surface area contributed by atoms with Crippen LogP contribution in [0.5, 0.6) is 0 Å². The van der Waals surface area contributed by atoms with Crippen LogP contribution in [0.25, 0.3) is 22.7 Å². The highest BCUT2D eigenvalue weighted by Crippen LogP contribution is 2.25. The molecule has 0 aliphatic rings. The number of pyridine rings is 1. The summed E-state index contributed by atoms with van der Waals surface area (Å²) < 4.78 is 9.13. The fourth-order valence-corrected chi connectivity index (χ4v) is 2.81. The van der Waals surface area contributed by atoms with Crippen LogP contribution in [0.3, 0.4) is 0 Å². The maximum atomic E-state index is 5.93. The second-order valence-electron chi connectivity index (χ2n) is 5.77. The summed E-state index contributed by atoms with van der Waals surface area (Å²) in [6.07, 6.45) is 5.24. The quantitative estimate of drug-likeness (QED) is 0.580. The molecule has 126 valence electrons. The normalized spacial score (nSPS) is 12.6. The number of nitrogens with two attached hydrogens (primary N) is 1. The highest BCUT2D eigenvalue weighted by atomic mass is 16.5. The molecule has 4 rings (SSSR count). The molecule has 0 aliphatic heterocycles. The first-order valence-corrected chi connectivity index (χ1v) is 7.94. The van der Waals surface area contributed by atoms with Crippen molar-refractivity contribution in [3.05, 3.63) is 60.7 Å². The lowest BCUT2D eigenvalue weighted by Crippen LogP contribution is -2.10. The van der Waals surface area contributed by atoms with Crippen molar-refractivity contribution >= 4 is 16.7 Å². The molecule has 0 fully saturated rings. The predicted molar refractivity (Wildman–Crippen MR) is 95.8 cm³/mol. The first-order chi connectivity index (χ1) is 12.2. The van der Waals surface area contributed by atoms with Crippen molar-refractivity contribution in [1.82, 2.24) is 24.3 Å². The third kappa shape index (κ3) is 2.64. The van der Waals surface area contributed by atoms with Crippen molar-refractivity contribution in [2.24, 2.45) is 0 Å². The van der Waals surface area contributed by atoms with Crippen LogP contribution in [0.2, 0.25) is 0 Å². The summed E-state index contributed by atoms with van der Waals surface area (Å²) in [6, 6.07) is 11.4. The first kappa shape index (κ1) is 15.3. The van der Waals surface area contributed by atoms with Gasteiger partial charge in [0, 0.05) is 30.8 Å². The number of imidazole rings is 1. The van der Waals surface area contributed by atoms with Gasteiger partial charge >= 0.3 is 0 Å². The van der Waals surface area contributed by atoms with E-state index in [4.69, 9.17) is 15.5 Å². The Balaban J connectivity index is 1.91. The number of hydrogen-bond acceptors (Lipinski definition) is 5. The lowest BCUT2D eigenvalue weighted by molar-refractivity contribution is 0.119. The summed E-state index contributed by atoms with van der Waals surface area (Å²) in [6.45, 7) is 1.98. The van der Waals surface area contributed by atoms with E-state index in [9.17, 15) is 0 Å². The van der Waals surface area contributed by atoms with Gasteiger partial charge in [0.15, 0.2) is 5.82 Å². The minimum atomic E-state index is -0.101. The molecule has 2 N–H and O–H groups in total. The third-order valence-corrected chi connectivity index (χ3v) is 4.22. The Morgan fingerprint density at radius 2 is 2.08 bits per heavy atom. The second-order valence-corrected chi connectivity index (χ2v) is 5.77. The monoisotopic (exact) mass is 334 g/mol. The lowest BCUT2D eigenvalue weighted by atomic mass is 10.1. The molecule has 4 aromatic rings. The van der Waals surface area contributed by atoms with Gasteiger partial charge in [0.2, 0.25) is 0 Å². The highest BCUT2D eigenvalue weighted by molar-refractivity contribution is 5.80. The summed E-state index contributed by atoms with van der Waals surface area (Å²) in [7, 11) is 1.68. The van der Waals surface area contributed by atoms with Gasteiger partial charge in [0.25, 0.3) is 0 Å². The first-order valence-electron chi connectivity index (χ1n) is 7.94. The molecule has 7 nitrogen and oxygen atoms in total. The van der Waals surface area contributed by atoms with Crippen LogP contribution in [0.1, 0.15) is 18.6 Å². The zero-order valence-corrected chi connectivity index (χ0v) is 14.0. The van der Waals surface area contributed by atoms with E-state index in [0.29, 0.717) is 5.69 Å². The van der Waals surface area contributed by atoms with Crippen LogP contribution in [0.4, 0.5) is 5.69 Å². The summed E-state index contributed by atoms with van der Waals surface area (Å²) in [5.74, 6) is 1.47. The standard InChI is InChI=1S/C18H18N6O/c1-12(25-2)14-5-7-17(22-18(14)24-9-3-8-21-24)23-11-20-15-6-4-13(19)10-16(15)23/h3-12H,19H2,1-2H3. The van der Waals surface area contributed by atoms with E-state index < -0.39 is 0 Å². The molecular weight excluding hydrogens is 316 g/mol. The van der Waals surface area contributed by atoms with Gasteiger partial charge in [0.05, 0.1) is 17.1 Å². The van der Waals surface area contributed by atoms with Gasteiger partial charge in [-0.3, -0.25) is 4.57 Å². The van der Waals surface area contributed by atoms with Gasteiger partial charge in [-0.15, -0.1) is 0 Å². The molecule has 1 unspecified atom stereocenters. The van der Waals surface area contributed by atoms with Gasteiger partial charge in [-0.05, 0) is 43.3 Å². The number of nitrogens with zero attached hydrogens (tertiary/aromatic N) is 5. The molecule has 0 saturated heterocycles. The molecule has 25 heavy (non-hydrogen) atoms. The maximum Gasteiger partial charge on any atom is 0.161 e. The van der Waals surface area contributed by atoms with Crippen molar-refractivity contribution in [3.8, 4) is 11.6 Å². The number of methoxy groups -OCH3 is 1. The van der Waals surface area contributed by atoms with E-state index >= 15 is 0 Å². The number of fused-ring (bicyclic) bond motifs is 1. The van der Waals surface area contributed by atoms with Crippen LogP contribution in [-0.4, -0.2) is 31.4 Å². The van der Waals surface area contributed by atoms with Crippen LogP contribution in [-0.2, 0) is 4.74 Å². The van der Waals surface area contributed by atoms with Crippen LogP contribution in [0, 0.1) is 0 Å². The number of nitrogen functional groups attached to an aromatic ring is 1. The third-order valence-electron chi connectivity index (χ3n) is 4.22. The number of aromatic nitrogens is 5. The lowest BCUT2D eigenvalue weighted by Gasteiger charge is -2.16. The molecule has 0 radical (unpaired) electrons. The van der Waals surface area contributed by atoms with Gasteiger partial charge in [0.1, 0.15) is 12.1 Å². The highest BCUT2D eigenvalue weighted by Gasteiger charge is 2.16. The predicted octanol–water partition coefficient (Wildman–Crippen LogP) is 2.90. The molecule has 0 bridgehead atoms. The molecule has 1 aromatic carbocycles. The van der Waals surface area contributed by atoms with Crippen molar-refractivity contribution in [3.63, 3.8) is 0 Å². The topological polar surface area (TPSA) is 83.8 Å². The zero-order chi connectivity index (χ0) is 17.4. The average molecular weight is 334 g/mol. The van der Waals surface area contributed by atoms with E-state index in [-0.39, 0.29) is 6.10 Å². The average Bonchev–Trinajstić information content (AvgIpc) is 3.30. The van der Waals surface area contributed by atoms with Gasteiger partial charge in [-0.25, -0.2) is 14.6 Å². The van der Waals surface area contributed by atoms with E-state index in [1.54, 1.807) is 24.3 Å². The van der Waals surface area contributed by atoms with Gasteiger partial charge in [-0.1, -0.05) is 0 Å². The van der Waals surface area contributed by atoms with E-state index in [1.807, 2.05) is 54.1 Å². The molecule has 3 heterocycles. The molecule has 0 aliphatic carbocycles. The van der Waals surface area contributed by atoms with Gasteiger partial charge in [-0.2, -0.15) is 5.10 Å². The van der Waals surface area contributed by atoms with Crippen molar-refractivity contribution in [2.45, 2.75) is 13.0 Å². The van der Waals surface area contributed by atoms with Crippen LogP contribution in [0.15, 0.2) is 55.1 Å². The summed E-state index contributed by atoms with van der Waals surface area (Å²) >= 11 is 0. The SMILES string of the molecule is COC(C)c1ccc(-n2cnc3ccc(N)cc32)nc1-n1cccn1. The van der Waals surface area contributed by atoms with Gasteiger partial charge < -0.3 is 10.5 Å². The Morgan fingerprint density at radius 3 is 2.84 bits per heavy atom. The number of benzene rings is 1. The minimum Gasteiger partial charge on any atom is -0.399 e. The molecular formula is C18H18N6O. The fraction of sp³-hybridized carbons (Fsp3) is 0.167. The molecule has 0 spiro atoms. The molecule has 0 saturated carbocycles. The van der Waals surface area contributed by atoms with Crippen LogP contribution < -0.4 is 5.73 Å². The Morgan fingerprint density at radius 1 is 1.20 bits per heavy atom. The molecule has 7 heteroatoms. The van der Waals surface area contributed by atoms with E-state index in [0.717, 1.165) is 28.2 Å². The number of rotatable bonds is 4. The largest absolute Gasteiger partial charge is 0.399 e. The van der Waals surface area contributed by atoms with Crippen molar-refractivity contribution in [1.29, 1.82) is 0 Å². The molecule has 1 atom stereocenters. The molecule has 0 amide bonds. The Bertz CT molecular complexity index is 1020. The summed E-state index contributed by atoms with van der Waals surface area (Å²) in [4.78, 5) is 9.23. The van der Waals surface area contributed by atoms with Crippen molar-refractivity contribution in [2.75, 3.05) is 12.8 Å². The maximum absolute atomic E-state index is 5.93.